The van der Waals surface area contributed by atoms with E-state index < -0.39 is 0 Å². The summed E-state index contributed by atoms with van der Waals surface area (Å²) in [4.78, 5) is 2.88. The van der Waals surface area contributed by atoms with Crippen molar-refractivity contribution in [3.63, 3.8) is 0 Å². The summed E-state index contributed by atoms with van der Waals surface area (Å²) in [7, 11) is 0. The van der Waals surface area contributed by atoms with Gasteiger partial charge < -0.3 is 5.32 Å². The van der Waals surface area contributed by atoms with Crippen LogP contribution in [0.5, 0.6) is 0 Å². The first kappa shape index (κ1) is 13.4. The maximum absolute atomic E-state index is 3.73. The fraction of sp³-hybridized carbons (Fsp3) is 1.00. The Kier molecular flexibility index (Phi) is 4.48. The Morgan fingerprint density at radius 2 is 1.82 bits per heavy atom. The maximum Gasteiger partial charge on any atom is 0.0337 e. The molecule has 2 fully saturated rings. The molecule has 0 radical (unpaired) electrons. The van der Waals surface area contributed by atoms with Crippen LogP contribution in [0.3, 0.4) is 0 Å². The molecule has 1 aliphatic carbocycles. The molecule has 1 unspecified atom stereocenters. The first-order chi connectivity index (χ1) is 8.22. The van der Waals surface area contributed by atoms with Crippen LogP contribution < -0.4 is 5.32 Å². The van der Waals surface area contributed by atoms with Gasteiger partial charge in [-0.25, -0.2) is 0 Å². The van der Waals surface area contributed by atoms with Crippen LogP contribution in [0.15, 0.2) is 0 Å². The van der Waals surface area contributed by atoms with Gasteiger partial charge in [-0.3, -0.25) is 4.90 Å². The highest BCUT2D eigenvalue weighted by Crippen LogP contribution is 2.37. The standard InChI is InChI=1S/C15H30N2/c1-4-14(5-2)17-11-13(3)16-12-15(17)9-7-6-8-10-15/h13-14,16H,4-12H2,1-3H3. The van der Waals surface area contributed by atoms with E-state index in [2.05, 4.69) is 31.0 Å². The Morgan fingerprint density at radius 1 is 1.18 bits per heavy atom. The highest BCUT2D eigenvalue weighted by molar-refractivity contribution is 5.01. The fourth-order valence-electron chi connectivity index (χ4n) is 3.96. The number of rotatable bonds is 3. The van der Waals surface area contributed by atoms with Crippen molar-refractivity contribution >= 4 is 0 Å². The Balaban J connectivity index is 2.15. The predicted octanol–water partition coefficient (Wildman–Crippen LogP) is 3.17. The van der Waals surface area contributed by atoms with Crippen LogP contribution >= 0.6 is 0 Å². The topological polar surface area (TPSA) is 15.3 Å². The molecule has 2 heteroatoms. The molecule has 1 aliphatic heterocycles. The summed E-state index contributed by atoms with van der Waals surface area (Å²) in [6.45, 7) is 9.54. The van der Waals surface area contributed by atoms with E-state index in [-0.39, 0.29) is 0 Å². The molecule has 1 saturated heterocycles. The number of nitrogens with one attached hydrogen (secondary N) is 1. The van der Waals surface area contributed by atoms with E-state index in [0.29, 0.717) is 11.6 Å². The van der Waals surface area contributed by atoms with E-state index in [0.717, 1.165) is 6.04 Å². The Labute approximate surface area is 107 Å². The second-order valence-corrected chi connectivity index (χ2v) is 6.19. The third-order valence-corrected chi connectivity index (χ3v) is 5.03. The minimum absolute atomic E-state index is 0.501. The zero-order valence-corrected chi connectivity index (χ0v) is 12.0. The highest BCUT2D eigenvalue weighted by Gasteiger charge is 2.43. The van der Waals surface area contributed by atoms with Gasteiger partial charge in [0.25, 0.3) is 0 Å². The summed E-state index contributed by atoms with van der Waals surface area (Å²) in [5.41, 5.74) is 0.501. The van der Waals surface area contributed by atoms with Gasteiger partial charge in [0.15, 0.2) is 0 Å². The Hall–Kier alpha value is -0.0800. The monoisotopic (exact) mass is 238 g/mol. The highest BCUT2D eigenvalue weighted by atomic mass is 15.3. The first-order valence-electron chi connectivity index (χ1n) is 7.72. The third kappa shape index (κ3) is 2.68. The minimum Gasteiger partial charge on any atom is -0.311 e. The average Bonchev–Trinajstić information content (AvgIpc) is 2.37. The lowest BCUT2D eigenvalue weighted by molar-refractivity contribution is -0.0227. The van der Waals surface area contributed by atoms with Crippen molar-refractivity contribution in [1.29, 1.82) is 0 Å². The lowest BCUT2D eigenvalue weighted by atomic mass is 9.77. The summed E-state index contributed by atoms with van der Waals surface area (Å²) < 4.78 is 0. The van der Waals surface area contributed by atoms with E-state index in [1.807, 2.05) is 0 Å². The number of hydrogen-bond donors (Lipinski definition) is 1. The second kappa shape index (κ2) is 5.71. The van der Waals surface area contributed by atoms with E-state index in [4.69, 9.17) is 0 Å². The lowest BCUT2D eigenvalue weighted by Crippen LogP contribution is -2.67. The van der Waals surface area contributed by atoms with E-state index in [1.54, 1.807) is 0 Å². The third-order valence-electron chi connectivity index (χ3n) is 5.03. The Bertz CT molecular complexity index is 229. The molecule has 1 heterocycles. The summed E-state index contributed by atoms with van der Waals surface area (Å²) >= 11 is 0. The molecule has 2 nitrogen and oxygen atoms in total. The molecule has 0 amide bonds. The predicted molar refractivity (Wildman–Crippen MR) is 74.4 cm³/mol. The Morgan fingerprint density at radius 3 is 2.41 bits per heavy atom. The van der Waals surface area contributed by atoms with Crippen LogP contribution in [0, 0.1) is 0 Å². The van der Waals surface area contributed by atoms with Crippen molar-refractivity contribution in [1.82, 2.24) is 10.2 Å². The summed E-state index contributed by atoms with van der Waals surface area (Å²) in [6, 6.07) is 1.47. The van der Waals surface area contributed by atoms with Crippen LogP contribution in [-0.4, -0.2) is 35.6 Å². The number of piperazine rings is 1. The van der Waals surface area contributed by atoms with Gasteiger partial charge in [-0.2, -0.15) is 0 Å². The summed E-state index contributed by atoms with van der Waals surface area (Å²) in [5, 5.41) is 3.73. The zero-order valence-electron chi connectivity index (χ0n) is 12.0. The van der Waals surface area contributed by atoms with Crippen LogP contribution in [0.2, 0.25) is 0 Å². The van der Waals surface area contributed by atoms with Gasteiger partial charge in [0.05, 0.1) is 0 Å². The van der Waals surface area contributed by atoms with Crippen molar-refractivity contribution in [2.24, 2.45) is 0 Å². The fourth-order valence-corrected chi connectivity index (χ4v) is 3.96. The largest absolute Gasteiger partial charge is 0.311 e. The van der Waals surface area contributed by atoms with Gasteiger partial charge in [0, 0.05) is 30.7 Å². The average molecular weight is 238 g/mol. The minimum atomic E-state index is 0.501. The molecule has 1 spiro atoms. The molecule has 1 atom stereocenters. The molecule has 17 heavy (non-hydrogen) atoms. The normalized spacial score (nSPS) is 30.0. The van der Waals surface area contributed by atoms with Gasteiger partial charge in [0.2, 0.25) is 0 Å². The molecule has 1 N–H and O–H groups in total. The molecule has 0 aromatic carbocycles. The quantitative estimate of drug-likeness (QED) is 0.812. The van der Waals surface area contributed by atoms with Gasteiger partial charge in [-0.05, 0) is 32.6 Å². The van der Waals surface area contributed by atoms with E-state index in [1.165, 1.54) is 58.0 Å². The molecule has 2 aliphatic rings. The van der Waals surface area contributed by atoms with Crippen molar-refractivity contribution in [2.45, 2.75) is 83.3 Å². The van der Waals surface area contributed by atoms with Crippen LogP contribution in [0.25, 0.3) is 0 Å². The van der Waals surface area contributed by atoms with Gasteiger partial charge in [-0.1, -0.05) is 33.1 Å². The summed E-state index contributed by atoms with van der Waals surface area (Å²) in [6.07, 6.45) is 9.79. The maximum atomic E-state index is 3.73. The first-order valence-corrected chi connectivity index (χ1v) is 7.72. The van der Waals surface area contributed by atoms with E-state index >= 15 is 0 Å². The SMILES string of the molecule is CCC(CC)N1CC(C)NCC12CCCCC2. The molecular formula is C15H30N2. The van der Waals surface area contributed by atoms with Gasteiger partial charge in [0.1, 0.15) is 0 Å². The smallest absolute Gasteiger partial charge is 0.0337 e. The van der Waals surface area contributed by atoms with Crippen molar-refractivity contribution < 1.29 is 0 Å². The number of hydrogen-bond acceptors (Lipinski definition) is 2. The van der Waals surface area contributed by atoms with Gasteiger partial charge in [-0.15, -0.1) is 0 Å². The van der Waals surface area contributed by atoms with Crippen molar-refractivity contribution in [3.05, 3.63) is 0 Å². The lowest BCUT2D eigenvalue weighted by Gasteiger charge is -2.54. The van der Waals surface area contributed by atoms with Gasteiger partial charge >= 0.3 is 0 Å². The molecule has 0 bridgehead atoms. The zero-order chi connectivity index (χ0) is 12.3. The molecule has 0 aromatic heterocycles. The van der Waals surface area contributed by atoms with Crippen LogP contribution in [0.4, 0.5) is 0 Å². The molecular weight excluding hydrogens is 208 g/mol. The van der Waals surface area contributed by atoms with Crippen molar-refractivity contribution in [3.8, 4) is 0 Å². The number of nitrogens with zero attached hydrogens (tertiary/aromatic N) is 1. The molecule has 1 saturated carbocycles. The molecule has 2 rings (SSSR count). The van der Waals surface area contributed by atoms with Crippen molar-refractivity contribution in [2.75, 3.05) is 13.1 Å². The summed E-state index contributed by atoms with van der Waals surface area (Å²) in [5.74, 6) is 0. The molecule has 0 aromatic rings. The molecule has 100 valence electrons. The van der Waals surface area contributed by atoms with E-state index in [9.17, 15) is 0 Å². The second-order valence-electron chi connectivity index (χ2n) is 6.19. The van der Waals surface area contributed by atoms with Crippen LogP contribution in [0.1, 0.15) is 65.7 Å². The van der Waals surface area contributed by atoms with Crippen LogP contribution in [-0.2, 0) is 0 Å².